The Morgan fingerprint density at radius 1 is 1.29 bits per heavy atom. The zero-order valence-corrected chi connectivity index (χ0v) is 12.1. The van der Waals surface area contributed by atoms with Gasteiger partial charge in [0.15, 0.2) is 6.10 Å². The van der Waals surface area contributed by atoms with Crippen LogP contribution in [-0.2, 0) is 4.79 Å². The lowest BCUT2D eigenvalue weighted by atomic mass is 10.1. The van der Waals surface area contributed by atoms with E-state index in [1.807, 2.05) is 36.4 Å². The topological polar surface area (TPSA) is 82.5 Å². The predicted molar refractivity (Wildman–Crippen MR) is 80.9 cm³/mol. The maximum Gasteiger partial charge on any atom is 0.252 e. The maximum absolute atomic E-state index is 12.0. The van der Waals surface area contributed by atoms with Crippen molar-refractivity contribution in [2.45, 2.75) is 31.1 Å². The molecule has 3 N–H and O–H groups in total. The standard InChI is InChI=1S/C15H16N2O3S/c18-12(14(20)16-9-5-1-2-6-9)13(19)15-17-10-7-3-4-8-11(10)21-15/h1-4,7-9,12-13,18-19H,5-6H2,(H,16,20)/t12-,13+/m1/s1. The van der Waals surface area contributed by atoms with Crippen molar-refractivity contribution in [3.05, 3.63) is 41.4 Å². The van der Waals surface area contributed by atoms with Gasteiger partial charge in [0, 0.05) is 6.04 Å². The summed E-state index contributed by atoms with van der Waals surface area (Å²) in [6.07, 6.45) is 2.68. The molecule has 1 aliphatic rings. The van der Waals surface area contributed by atoms with E-state index in [4.69, 9.17) is 0 Å². The Kier molecular flexibility index (Phi) is 4.01. The van der Waals surface area contributed by atoms with Crippen molar-refractivity contribution >= 4 is 27.5 Å². The fourth-order valence-corrected chi connectivity index (χ4v) is 3.30. The van der Waals surface area contributed by atoms with Gasteiger partial charge in [-0.2, -0.15) is 0 Å². The molecule has 1 amide bonds. The first-order valence-corrected chi connectivity index (χ1v) is 7.64. The van der Waals surface area contributed by atoms with Crippen LogP contribution in [-0.4, -0.2) is 33.3 Å². The average molecular weight is 304 g/mol. The van der Waals surface area contributed by atoms with E-state index in [-0.39, 0.29) is 6.04 Å². The second-order valence-electron chi connectivity index (χ2n) is 5.06. The number of hydrogen-bond acceptors (Lipinski definition) is 5. The number of nitrogens with one attached hydrogen (secondary N) is 1. The van der Waals surface area contributed by atoms with Crippen molar-refractivity contribution in [2.24, 2.45) is 0 Å². The van der Waals surface area contributed by atoms with Crippen LogP contribution >= 0.6 is 11.3 Å². The minimum Gasteiger partial charge on any atom is -0.383 e. The highest BCUT2D eigenvalue weighted by Gasteiger charge is 2.29. The minimum absolute atomic E-state index is 0.00900. The summed E-state index contributed by atoms with van der Waals surface area (Å²) >= 11 is 1.28. The summed E-state index contributed by atoms with van der Waals surface area (Å²) < 4.78 is 0.916. The van der Waals surface area contributed by atoms with Gasteiger partial charge in [-0.15, -0.1) is 11.3 Å². The Bertz CT molecular complexity index is 641. The molecule has 1 heterocycles. The monoisotopic (exact) mass is 304 g/mol. The Labute approximate surface area is 125 Å². The lowest BCUT2D eigenvalue weighted by Gasteiger charge is -2.18. The molecule has 0 saturated heterocycles. The third kappa shape index (κ3) is 2.97. The number of benzene rings is 1. The normalized spacial score (nSPS) is 18.0. The number of rotatable bonds is 4. The van der Waals surface area contributed by atoms with Crippen molar-refractivity contribution in [3.8, 4) is 0 Å². The summed E-state index contributed by atoms with van der Waals surface area (Å²) in [5, 5.41) is 23.2. The van der Waals surface area contributed by atoms with E-state index in [0.717, 1.165) is 23.1 Å². The number of carbonyl (C=O) groups is 1. The van der Waals surface area contributed by atoms with Gasteiger partial charge in [0.05, 0.1) is 10.2 Å². The summed E-state index contributed by atoms with van der Waals surface area (Å²) in [6, 6.07) is 7.47. The highest BCUT2D eigenvalue weighted by Crippen LogP contribution is 2.28. The van der Waals surface area contributed by atoms with Gasteiger partial charge < -0.3 is 15.5 Å². The quantitative estimate of drug-likeness (QED) is 0.748. The van der Waals surface area contributed by atoms with Gasteiger partial charge >= 0.3 is 0 Å². The van der Waals surface area contributed by atoms with Crippen molar-refractivity contribution < 1.29 is 15.0 Å². The largest absolute Gasteiger partial charge is 0.383 e. The number of hydrogen-bond donors (Lipinski definition) is 3. The van der Waals surface area contributed by atoms with Crippen LogP contribution in [0.25, 0.3) is 10.2 Å². The number of aliphatic hydroxyl groups is 2. The van der Waals surface area contributed by atoms with Gasteiger partial charge in [0.1, 0.15) is 11.1 Å². The molecular formula is C15H16N2O3S. The average Bonchev–Trinajstić information content (AvgIpc) is 3.14. The molecule has 0 spiro atoms. The number of aliphatic hydroxyl groups excluding tert-OH is 2. The summed E-state index contributed by atoms with van der Waals surface area (Å²) in [7, 11) is 0. The molecule has 21 heavy (non-hydrogen) atoms. The summed E-state index contributed by atoms with van der Waals surface area (Å²) in [5.74, 6) is -0.560. The molecule has 5 nitrogen and oxygen atoms in total. The smallest absolute Gasteiger partial charge is 0.252 e. The van der Waals surface area contributed by atoms with Crippen LogP contribution in [0.3, 0.4) is 0 Å². The number of aromatic nitrogens is 1. The van der Waals surface area contributed by atoms with E-state index < -0.39 is 18.1 Å². The Morgan fingerprint density at radius 3 is 2.71 bits per heavy atom. The molecule has 110 valence electrons. The van der Waals surface area contributed by atoms with E-state index in [0.29, 0.717) is 5.01 Å². The molecule has 3 rings (SSSR count). The molecule has 1 aromatic carbocycles. The highest BCUT2D eigenvalue weighted by atomic mass is 32.1. The molecule has 2 aromatic rings. The van der Waals surface area contributed by atoms with Crippen LogP contribution in [0.4, 0.5) is 0 Å². The summed E-state index contributed by atoms with van der Waals surface area (Å²) in [5.41, 5.74) is 0.754. The second kappa shape index (κ2) is 5.93. The van der Waals surface area contributed by atoms with E-state index >= 15 is 0 Å². The highest BCUT2D eigenvalue weighted by molar-refractivity contribution is 7.18. The number of nitrogens with zero attached hydrogens (tertiary/aromatic N) is 1. The van der Waals surface area contributed by atoms with E-state index in [9.17, 15) is 15.0 Å². The van der Waals surface area contributed by atoms with E-state index in [2.05, 4.69) is 10.3 Å². The fraction of sp³-hybridized carbons (Fsp3) is 0.333. The number of para-hydroxylation sites is 1. The van der Waals surface area contributed by atoms with Crippen molar-refractivity contribution in [1.82, 2.24) is 10.3 Å². The first-order valence-electron chi connectivity index (χ1n) is 6.82. The van der Waals surface area contributed by atoms with Crippen molar-refractivity contribution in [1.29, 1.82) is 0 Å². The lowest BCUT2D eigenvalue weighted by Crippen LogP contribution is -2.42. The van der Waals surface area contributed by atoms with E-state index in [1.165, 1.54) is 11.3 Å². The summed E-state index contributed by atoms with van der Waals surface area (Å²) in [4.78, 5) is 16.2. The molecule has 0 aliphatic heterocycles. The van der Waals surface area contributed by atoms with Crippen LogP contribution in [0.2, 0.25) is 0 Å². The van der Waals surface area contributed by atoms with Gasteiger partial charge in [-0.05, 0) is 25.0 Å². The zero-order valence-electron chi connectivity index (χ0n) is 11.3. The zero-order chi connectivity index (χ0) is 14.8. The SMILES string of the molecule is O=C(NC1CC=CC1)[C@H](O)[C@H](O)c1nc2ccccc2s1. The maximum atomic E-state index is 12.0. The first kappa shape index (κ1) is 14.2. The van der Waals surface area contributed by atoms with Gasteiger partial charge in [-0.1, -0.05) is 24.3 Å². The molecule has 2 atom stereocenters. The number of thiazole rings is 1. The molecule has 0 bridgehead atoms. The van der Waals surface area contributed by atoms with Crippen molar-refractivity contribution in [2.75, 3.05) is 0 Å². The Morgan fingerprint density at radius 2 is 2.00 bits per heavy atom. The van der Waals surface area contributed by atoms with Crippen LogP contribution in [0.1, 0.15) is 24.0 Å². The fourth-order valence-electron chi connectivity index (χ4n) is 2.32. The van der Waals surface area contributed by atoms with Crippen LogP contribution in [0.5, 0.6) is 0 Å². The third-order valence-electron chi connectivity index (χ3n) is 3.49. The van der Waals surface area contributed by atoms with Gasteiger partial charge in [0.2, 0.25) is 0 Å². The van der Waals surface area contributed by atoms with Gasteiger partial charge in [0.25, 0.3) is 5.91 Å². The van der Waals surface area contributed by atoms with Gasteiger partial charge in [-0.25, -0.2) is 4.98 Å². The molecule has 6 heteroatoms. The second-order valence-corrected chi connectivity index (χ2v) is 6.12. The van der Waals surface area contributed by atoms with Crippen LogP contribution < -0.4 is 5.32 Å². The summed E-state index contributed by atoms with van der Waals surface area (Å²) in [6.45, 7) is 0. The number of amides is 1. The molecule has 0 saturated carbocycles. The molecule has 0 fully saturated rings. The lowest BCUT2D eigenvalue weighted by molar-refractivity contribution is -0.136. The Balaban J connectivity index is 1.70. The molecule has 0 unspecified atom stereocenters. The minimum atomic E-state index is -1.51. The van der Waals surface area contributed by atoms with Crippen LogP contribution in [0, 0.1) is 0 Å². The number of carbonyl (C=O) groups excluding carboxylic acids is 1. The Hall–Kier alpha value is -1.76. The van der Waals surface area contributed by atoms with Crippen LogP contribution in [0.15, 0.2) is 36.4 Å². The van der Waals surface area contributed by atoms with E-state index in [1.54, 1.807) is 0 Å². The molecular weight excluding hydrogens is 288 g/mol. The molecule has 1 aromatic heterocycles. The number of fused-ring (bicyclic) bond motifs is 1. The first-order chi connectivity index (χ1) is 10.1. The third-order valence-corrected chi connectivity index (χ3v) is 4.59. The molecule has 1 aliphatic carbocycles. The van der Waals surface area contributed by atoms with Crippen molar-refractivity contribution in [3.63, 3.8) is 0 Å². The molecule has 0 radical (unpaired) electrons. The predicted octanol–water partition coefficient (Wildman–Crippen LogP) is 1.53. The van der Waals surface area contributed by atoms with Gasteiger partial charge in [-0.3, -0.25) is 4.79 Å².